The molecule has 1 aromatic rings. The van der Waals surface area contributed by atoms with Gasteiger partial charge in [0.05, 0.1) is 24.4 Å². The average Bonchev–Trinajstić information content (AvgIpc) is 3.16. The van der Waals surface area contributed by atoms with Gasteiger partial charge in [0, 0.05) is 18.9 Å². The number of carbonyl (C=O) groups is 3. The van der Waals surface area contributed by atoms with Crippen molar-refractivity contribution in [2.75, 3.05) is 23.6 Å². The van der Waals surface area contributed by atoms with E-state index < -0.39 is 17.6 Å². The van der Waals surface area contributed by atoms with Gasteiger partial charge in [0.25, 0.3) is 0 Å². The van der Waals surface area contributed by atoms with Crippen molar-refractivity contribution in [1.29, 1.82) is 0 Å². The third-order valence-corrected chi connectivity index (χ3v) is 4.80. The van der Waals surface area contributed by atoms with E-state index in [0.717, 1.165) is 0 Å². The van der Waals surface area contributed by atoms with Crippen LogP contribution in [0.3, 0.4) is 0 Å². The van der Waals surface area contributed by atoms with E-state index in [4.69, 9.17) is 4.74 Å². The normalized spacial score (nSPS) is 17.7. The van der Waals surface area contributed by atoms with Gasteiger partial charge in [-0.3, -0.25) is 14.3 Å². The van der Waals surface area contributed by atoms with Gasteiger partial charge in [0.15, 0.2) is 5.54 Å². The summed E-state index contributed by atoms with van der Waals surface area (Å²) in [5.74, 6) is 0.292. The number of rotatable bonds is 5. The predicted octanol–water partition coefficient (Wildman–Crippen LogP) is 1.04. The van der Waals surface area contributed by atoms with Gasteiger partial charge < -0.3 is 15.0 Å². The second-order valence-corrected chi connectivity index (χ2v) is 6.95. The number of thioether (sulfide) groups is 1. The Hall–Kier alpha value is -2.03. The molecule has 9 heteroatoms. The molecule has 0 spiro atoms. The summed E-state index contributed by atoms with van der Waals surface area (Å²) in [6, 6.07) is -0.492. The van der Waals surface area contributed by atoms with E-state index in [-0.39, 0.29) is 18.4 Å². The Morgan fingerprint density at radius 3 is 2.79 bits per heavy atom. The second-order valence-electron chi connectivity index (χ2n) is 5.95. The van der Waals surface area contributed by atoms with Crippen molar-refractivity contribution in [3.05, 3.63) is 12.4 Å². The standard InChI is InChI=1S/C15H22N4O4S/c1-5-23-14(22)15(3,4)19-7-11(6-16-19)17-13(21)12-8-24-9-18(12)10(2)20/h6-7,12H,5,8-9H2,1-4H3,(H,17,21)/t12-/m1/s1. The first-order valence-corrected chi connectivity index (χ1v) is 8.81. The molecule has 1 saturated heterocycles. The van der Waals surface area contributed by atoms with Crippen LogP contribution in [-0.2, 0) is 24.7 Å². The fraction of sp³-hybridized carbons (Fsp3) is 0.600. The maximum absolute atomic E-state index is 12.4. The number of ether oxygens (including phenoxy) is 1. The SMILES string of the molecule is CCOC(=O)C(C)(C)n1cc(NC(=O)[C@H]2CSCN2C(C)=O)cn1. The van der Waals surface area contributed by atoms with Crippen LogP contribution in [-0.4, -0.2) is 56.7 Å². The Balaban J connectivity index is 2.07. The van der Waals surface area contributed by atoms with E-state index in [9.17, 15) is 14.4 Å². The second kappa shape index (κ2) is 7.25. The van der Waals surface area contributed by atoms with Crippen molar-refractivity contribution in [2.45, 2.75) is 39.3 Å². The van der Waals surface area contributed by atoms with Crippen molar-refractivity contribution in [3.8, 4) is 0 Å². The largest absolute Gasteiger partial charge is 0.464 e. The molecule has 1 fully saturated rings. The van der Waals surface area contributed by atoms with Crippen LogP contribution < -0.4 is 5.32 Å². The Morgan fingerprint density at radius 1 is 1.46 bits per heavy atom. The number of anilines is 1. The molecule has 0 radical (unpaired) electrons. The Morgan fingerprint density at radius 2 is 2.17 bits per heavy atom. The molecule has 0 aliphatic carbocycles. The highest BCUT2D eigenvalue weighted by Gasteiger charge is 2.34. The number of hydrogen-bond acceptors (Lipinski definition) is 6. The summed E-state index contributed by atoms with van der Waals surface area (Å²) < 4.78 is 6.49. The van der Waals surface area contributed by atoms with E-state index in [1.165, 1.54) is 34.5 Å². The zero-order valence-electron chi connectivity index (χ0n) is 14.2. The molecular weight excluding hydrogens is 332 g/mol. The molecular formula is C15H22N4O4S. The molecule has 2 rings (SSSR count). The van der Waals surface area contributed by atoms with Crippen LogP contribution in [0.1, 0.15) is 27.7 Å². The highest BCUT2D eigenvalue weighted by Crippen LogP contribution is 2.23. The summed E-state index contributed by atoms with van der Waals surface area (Å²) in [7, 11) is 0. The molecule has 1 aliphatic rings. The van der Waals surface area contributed by atoms with Gasteiger partial charge in [-0.15, -0.1) is 11.8 Å². The van der Waals surface area contributed by atoms with Crippen LogP contribution in [0, 0.1) is 0 Å². The molecule has 1 aromatic heterocycles. The van der Waals surface area contributed by atoms with Gasteiger partial charge in [0.2, 0.25) is 11.8 Å². The predicted molar refractivity (Wildman–Crippen MR) is 90.4 cm³/mol. The third kappa shape index (κ3) is 3.72. The molecule has 2 heterocycles. The third-order valence-electron chi connectivity index (χ3n) is 3.79. The van der Waals surface area contributed by atoms with Crippen molar-refractivity contribution in [2.24, 2.45) is 0 Å². The van der Waals surface area contributed by atoms with Crippen LogP contribution in [0.4, 0.5) is 5.69 Å². The lowest BCUT2D eigenvalue weighted by molar-refractivity contribution is -0.152. The van der Waals surface area contributed by atoms with Gasteiger partial charge in [0.1, 0.15) is 6.04 Å². The molecule has 1 N–H and O–H groups in total. The van der Waals surface area contributed by atoms with Crippen molar-refractivity contribution < 1.29 is 19.1 Å². The molecule has 24 heavy (non-hydrogen) atoms. The summed E-state index contributed by atoms with van der Waals surface area (Å²) in [6.45, 7) is 6.85. The summed E-state index contributed by atoms with van der Waals surface area (Å²) >= 11 is 1.54. The number of aromatic nitrogens is 2. The summed E-state index contributed by atoms with van der Waals surface area (Å²) in [6.07, 6.45) is 3.05. The number of hydrogen-bond donors (Lipinski definition) is 1. The summed E-state index contributed by atoms with van der Waals surface area (Å²) in [5.41, 5.74) is -0.508. The lowest BCUT2D eigenvalue weighted by atomic mass is 10.1. The minimum absolute atomic E-state index is 0.126. The van der Waals surface area contributed by atoms with Crippen LogP contribution in [0.15, 0.2) is 12.4 Å². The van der Waals surface area contributed by atoms with E-state index in [0.29, 0.717) is 17.3 Å². The van der Waals surface area contributed by atoms with Gasteiger partial charge in [-0.1, -0.05) is 0 Å². The molecule has 0 unspecified atom stereocenters. The van der Waals surface area contributed by atoms with Gasteiger partial charge in [-0.25, -0.2) is 4.79 Å². The zero-order valence-corrected chi connectivity index (χ0v) is 15.1. The summed E-state index contributed by atoms with van der Waals surface area (Å²) in [5, 5.41) is 6.89. The topological polar surface area (TPSA) is 93.5 Å². The van der Waals surface area contributed by atoms with Crippen molar-refractivity contribution >= 4 is 35.2 Å². The maximum atomic E-state index is 12.4. The molecule has 1 aliphatic heterocycles. The smallest absolute Gasteiger partial charge is 0.333 e. The fourth-order valence-electron chi connectivity index (χ4n) is 2.29. The molecule has 0 saturated carbocycles. The van der Waals surface area contributed by atoms with E-state index in [1.807, 2.05) is 0 Å². The number of nitrogens with one attached hydrogen (secondary N) is 1. The van der Waals surface area contributed by atoms with E-state index in [2.05, 4.69) is 10.4 Å². The maximum Gasteiger partial charge on any atom is 0.333 e. The number of amides is 2. The minimum atomic E-state index is -0.979. The lowest BCUT2D eigenvalue weighted by Crippen LogP contribution is -2.43. The molecule has 2 amide bonds. The fourth-order valence-corrected chi connectivity index (χ4v) is 3.51. The Kier molecular flexibility index (Phi) is 5.53. The van der Waals surface area contributed by atoms with Crippen LogP contribution in [0.2, 0.25) is 0 Å². The Labute approximate surface area is 144 Å². The van der Waals surface area contributed by atoms with Crippen LogP contribution in [0.25, 0.3) is 0 Å². The molecule has 0 bridgehead atoms. The average molecular weight is 354 g/mol. The van der Waals surface area contributed by atoms with Gasteiger partial charge >= 0.3 is 5.97 Å². The zero-order chi connectivity index (χ0) is 17.9. The molecule has 1 atom stereocenters. The first kappa shape index (κ1) is 18.3. The van der Waals surface area contributed by atoms with Crippen molar-refractivity contribution in [1.82, 2.24) is 14.7 Å². The molecule has 8 nitrogen and oxygen atoms in total. The number of esters is 1. The van der Waals surface area contributed by atoms with Crippen molar-refractivity contribution in [3.63, 3.8) is 0 Å². The lowest BCUT2D eigenvalue weighted by Gasteiger charge is -2.23. The Bertz CT molecular complexity index is 643. The van der Waals surface area contributed by atoms with Gasteiger partial charge in [-0.2, -0.15) is 5.10 Å². The monoisotopic (exact) mass is 354 g/mol. The quantitative estimate of drug-likeness (QED) is 0.794. The number of nitrogens with zero attached hydrogens (tertiary/aromatic N) is 3. The van der Waals surface area contributed by atoms with Gasteiger partial charge in [-0.05, 0) is 20.8 Å². The molecule has 0 aromatic carbocycles. The first-order chi connectivity index (χ1) is 11.3. The van der Waals surface area contributed by atoms with E-state index in [1.54, 1.807) is 27.0 Å². The highest BCUT2D eigenvalue weighted by molar-refractivity contribution is 7.99. The molecule has 132 valence electrons. The van der Waals surface area contributed by atoms with Crippen LogP contribution in [0.5, 0.6) is 0 Å². The van der Waals surface area contributed by atoms with E-state index >= 15 is 0 Å². The number of carbonyl (C=O) groups excluding carboxylic acids is 3. The minimum Gasteiger partial charge on any atom is -0.464 e. The highest BCUT2D eigenvalue weighted by atomic mass is 32.2. The summed E-state index contributed by atoms with van der Waals surface area (Å²) in [4.78, 5) is 37.5. The first-order valence-electron chi connectivity index (χ1n) is 7.65. The van der Waals surface area contributed by atoms with Crippen LogP contribution >= 0.6 is 11.8 Å².